The average molecular weight is 283 g/mol. The van der Waals surface area contributed by atoms with Gasteiger partial charge in [-0.3, -0.25) is 0 Å². The first kappa shape index (κ1) is 14.7. The molecule has 2 rings (SSSR count). The highest BCUT2D eigenvalue weighted by molar-refractivity contribution is 5.89. The first-order chi connectivity index (χ1) is 9.60. The Hall–Kier alpha value is -1.69. The first-order valence-corrected chi connectivity index (χ1v) is 6.84. The molecule has 1 heterocycles. The number of benzene rings is 1. The molecular formula is C14H19F2N3O. The van der Waals surface area contributed by atoms with E-state index in [0.29, 0.717) is 19.1 Å². The second-order valence-electron chi connectivity index (χ2n) is 4.87. The second-order valence-corrected chi connectivity index (χ2v) is 4.87. The third kappa shape index (κ3) is 3.66. The predicted molar refractivity (Wildman–Crippen MR) is 73.6 cm³/mol. The number of anilines is 1. The van der Waals surface area contributed by atoms with Gasteiger partial charge in [0.15, 0.2) is 0 Å². The van der Waals surface area contributed by atoms with Crippen molar-refractivity contribution < 1.29 is 13.6 Å². The van der Waals surface area contributed by atoms with Crippen LogP contribution >= 0.6 is 0 Å². The zero-order valence-corrected chi connectivity index (χ0v) is 11.5. The molecule has 0 unspecified atom stereocenters. The van der Waals surface area contributed by atoms with Crippen LogP contribution in [-0.2, 0) is 0 Å². The molecule has 1 aliphatic heterocycles. The first-order valence-electron chi connectivity index (χ1n) is 6.84. The van der Waals surface area contributed by atoms with Gasteiger partial charge in [0.2, 0.25) is 0 Å². The molecule has 0 saturated carbocycles. The van der Waals surface area contributed by atoms with E-state index in [2.05, 4.69) is 17.6 Å². The van der Waals surface area contributed by atoms with Crippen molar-refractivity contribution in [2.45, 2.75) is 25.8 Å². The molecule has 0 spiro atoms. The molecule has 1 aromatic rings. The van der Waals surface area contributed by atoms with Crippen LogP contribution in [0.2, 0.25) is 0 Å². The topological polar surface area (TPSA) is 44.4 Å². The van der Waals surface area contributed by atoms with E-state index in [1.54, 1.807) is 4.90 Å². The van der Waals surface area contributed by atoms with Crippen LogP contribution in [0.1, 0.15) is 19.8 Å². The van der Waals surface area contributed by atoms with Crippen molar-refractivity contribution >= 4 is 11.7 Å². The van der Waals surface area contributed by atoms with Crippen molar-refractivity contribution in [1.82, 2.24) is 10.2 Å². The number of halogens is 2. The van der Waals surface area contributed by atoms with Gasteiger partial charge in [-0.25, -0.2) is 13.6 Å². The normalized spacial score (nSPS) is 16.2. The summed E-state index contributed by atoms with van der Waals surface area (Å²) in [5, 5.41) is 5.83. The Morgan fingerprint density at radius 3 is 2.65 bits per heavy atom. The van der Waals surface area contributed by atoms with Gasteiger partial charge < -0.3 is 15.5 Å². The molecule has 1 aromatic carbocycles. The van der Waals surface area contributed by atoms with Crippen LogP contribution in [0.25, 0.3) is 0 Å². The number of carbonyl (C=O) groups is 1. The molecule has 1 saturated heterocycles. The number of nitrogens with one attached hydrogen (secondary N) is 2. The molecule has 20 heavy (non-hydrogen) atoms. The second kappa shape index (κ2) is 6.65. The smallest absolute Gasteiger partial charge is 0.321 e. The maximum atomic E-state index is 13.5. The Morgan fingerprint density at radius 2 is 2.05 bits per heavy atom. The van der Waals surface area contributed by atoms with E-state index >= 15 is 0 Å². The minimum Gasteiger partial charge on any atom is -0.324 e. The Balaban J connectivity index is 1.89. The van der Waals surface area contributed by atoms with E-state index in [0.717, 1.165) is 31.5 Å². The van der Waals surface area contributed by atoms with E-state index in [1.807, 2.05) is 0 Å². The van der Waals surface area contributed by atoms with E-state index in [1.165, 1.54) is 6.07 Å². The molecule has 0 atom stereocenters. The fourth-order valence-electron chi connectivity index (χ4n) is 2.36. The Labute approximate surface area is 117 Å². The number of urea groups is 1. The van der Waals surface area contributed by atoms with Crippen molar-refractivity contribution in [1.29, 1.82) is 0 Å². The number of likely N-dealkylation sites (tertiary alicyclic amines) is 1. The molecule has 0 radical (unpaired) electrons. The molecule has 110 valence electrons. The van der Waals surface area contributed by atoms with Crippen LogP contribution in [0, 0.1) is 11.6 Å². The summed E-state index contributed by atoms with van der Waals surface area (Å²) in [5.41, 5.74) is 0.00482. The molecule has 2 N–H and O–H groups in total. The number of hydrogen-bond donors (Lipinski definition) is 2. The lowest BCUT2D eigenvalue weighted by molar-refractivity contribution is 0.189. The summed E-state index contributed by atoms with van der Waals surface area (Å²) in [5.74, 6) is -1.42. The summed E-state index contributed by atoms with van der Waals surface area (Å²) in [6.45, 7) is 4.23. The van der Waals surface area contributed by atoms with Gasteiger partial charge in [0.25, 0.3) is 0 Å². The lowest BCUT2D eigenvalue weighted by atomic mass is 10.1. The summed E-state index contributed by atoms with van der Waals surface area (Å²) in [6.07, 6.45) is 1.76. The SMILES string of the molecule is CCNC1CCN(C(=O)Nc2ccc(F)cc2F)CC1. The van der Waals surface area contributed by atoms with E-state index in [4.69, 9.17) is 0 Å². The highest BCUT2D eigenvalue weighted by atomic mass is 19.1. The van der Waals surface area contributed by atoms with Crippen LogP contribution in [0.4, 0.5) is 19.3 Å². The standard InChI is InChI=1S/C14H19F2N3O/c1-2-17-11-5-7-19(8-6-11)14(20)18-13-4-3-10(15)9-12(13)16/h3-4,9,11,17H,2,5-8H2,1H3,(H,18,20). The van der Waals surface area contributed by atoms with E-state index in [9.17, 15) is 13.6 Å². The van der Waals surface area contributed by atoms with Crippen molar-refractivity contribution in [2.75, 3.05) is 25.0 Å². The number of rotatable bonds is 3. The third-order valence-corrected chi connectivity index (χ3v) is 3.45. The molecular weight excluding hydrogens is 264 g/mol. The number of nitrogens with zero attached hydrogens (tertiary/aromatic N) is 1. The van der Waals surface area contributed by atoms with Gasteiger partial charge in [0.1, 0.15) is 11.6 Å². The van der Waals surface area contributed by atoms with Gasteiger partial charge in [-0.15, -0.1) is 0 Å². The number of carbonyl (C=O) groups excluding carboxylic acids is 1. The van der Waals surface area contributed by atoms with Crippen molar-refractivity contribution in [3.8, 4) is 0 Å². The highest BCUT2D eigenvalue weighted by Crippen LogP contribution is 2.17. The minimum absolute atomic E-state index is 0.00482. The maximum absolute atomic E-state index is 13.5. The van der Waals surface area contributed by atoms with Crippen molar-refractivity contribution in [2.24, 2.45) is 0 Å². The summed E-state index contributed by atoms with van der Waals surface area (Å²) < 4.78 is 26.2. The fourth-order valence-corrected chi connectivity index (χ4v) is 2.36. The zero-order chi connectivity index (χ0) is 14.5. The number of hydrogen-bond acceptors (Lipinski definition) is 2. The van der Waals surface area contributed by atoms with Crippen LogP contribution in [0.5, 0.6) is 0 Å². The Bertz CT molecular complexity index is 473. The van der Waals surface area contributed by atoms with Gasteiger partial charge in [0.05, 0.1) is 5.69 Å². The van der Waals surface area contributed by atoms with Crippen LogP contribution in [0.15, 0.2) is 18.2 Å². The van der Waals surface area contributed by atoms with Crippen LogP contribution < -0.4 is 10.6 Å². The quantitative estimate of drug-likeness (QED) is 0.895. The molecule has 0 aromatic heterocycles. The van der Waals surface area contributed by atoms with Gasteiger partial charge >= 0.3 is 6.03 Å². The maximum Gasteiger partial charge on any atom is 0.321 e. The number of amides is 2. The van der Waals surface area contributed by atoms with Crippen molar-refractivity contribution in [3.05, 3.63) is 29.8 Å². The zero-order valence-electron chi connectivity index (χ0n) is 11.5. The lowest BCUT2D eigenvalue weighted by Crippen LogP contribution is -2.46. The summed E-state index contributed by atoms with van der Waals surface area (Å²) in [4.78, 5) is 13.7. The Kier molecular flexibility index (Phi) is 4.89. The van der Waals surface area contributed by atoms with Crippen LogP contribution in [-0.4, -0.2) is 36.6 Å². The van der Waals surface area contributed by atoms with Gasteiger partial charge in [-0.1, -0.05) is 6.92 Å². The number of piperidine rings is 1. The van der Waals surface area contributed by atoms with Gasteiger partial charge in [-0.2, -0.15) is 0 Å². The largest absolute Gasteiger partial charge is 0.324 e. The molecule has 6 heteroatoms. The monoisotopic (exact) mass is 283 g/mol. The van der Waals surface area contributed by atoms with E-state index < -0.39 is 11.6 Å². The fraction of sp³-hybridized carbons (Fsp3) is 0.500. The van der Waals surface area contributed by atoms with Gasteiger partial charge in [0, 0.05) is 25.2 Å². The molecule has 4 nitrogen and oxygen atoms in total. The highest BCUT2D eigenvalue weighted by Gasteiger charge is 2.22. The molecule has 0 bridgehead atoms. The predicted octanol–water partition coefficient (Wildman–Crippen LogP) is 2.57. The Morgan fingerprint density at radius 1 is 1.35 bits per heavy atom. The summed E-state index contributed by atoms with van der Waals surface area (Å²) in [7, 11) is 0. The molecule has 1 fully saturated rings. The van der Waals surface area contributed by atoms with Crippen LogP contribution in [0.3, 0.4) is 0 Å². The van der Waals surface area contributed by atoms with Crippen molar-refractivity contribution in [3.63, 3.8) is 0 Å². The molecule has 1 aliphatic rings. The van der Waals surface area contributed by atoms with Gasteiger partial charge in [-0.05, 0) is 31.5 Å². The summed E-state index contributed by atoms with van der Waals surface area (Å²) >= 11 is 0. The molecule has 2 amide bonds. The summed E-state index contributed by atoms with van der Waals surface area (Å²) in [6, 6.07) is 3.20. The lowest BCUT2D eigenvalue weighted by Gasteiger charge is -2.32. The molecule has 0 aliphatic carbocycles. The average Bonchev–Trinajstić information content (AvgIpc) is 2.43. The third-order valence-electron chi connectivity index (χ3n) is 3.45. The van der Waals surface area contributed by atoms with E-state index in [-0.39, 0.29) is 11.7 Å². The minimum atomic E-state index is -0.763.